The van der Waals surface area contributed by atoms with Crippen LogP contribution < -0.4 is 19.5 Å². The van der Waals surface area contributed by atoms with Gasteiger partial charge in [-0.2, -0.15) is 4.98 Å². The first-order valence-electron chi connectivity index (χ1n) is 9.29. The fourth-order valence-corrected chi connectivity index (χ4v) is 4.00. The number of rotatable bonds is 6. The number of aromatic nitrogens is 2. The molecule has 1 saturated heterocycles. The van der Waals surface area contributed by atoms with Crippen LogP contribution in [0.3, 0.4) is 0 Å². The smallest absolute Gasteiger partial charge is 0.238 e. The van der Waals surface area contributed by atoms with Crippen molar-refractivity contribution >= 4 is 21.6 Å². The molecule has 0 aliphatic carbocycles. The summed E-state index contributed by atoms with van der Waals surface area (Å²) in [5.41, 5.74) is 1.12. The number of carbonyl (C=O) groups excluding carboxylic acids is 1. The number of hydrogen-bond donors (Lipinski definition) is 1. The van der Waals surface area contributed by atoms with E-state index in [-0.39, 0.29) is 29.7 Å². The minimum atomic E-state index is -3.87. The molecule has 0 radical (unpaired) electrons. The van der Waals surface area contributed by atoms with Crippen LogP contribution in [0.4, 0.5) is 5.69 Å². The van der Waals surface area contributed by atoms with E-state index in [0.717, 1.165) is 0 Å². The second-order valence-electron chi connectivity index (χ2n) is 6.97. The number of ether oxygens (including phenoxy) is 2. The Balaban J connectivity index is 1.57. The fraction of sp³-hybridized carbons (Fsp3) is 0.250. The zero-order chi connectivity index (χ0) is 22.2. The number of anilines is 1. The van der Waals surface area contributed by atoms with E-state index in [9.17, 15) is 13.2 Å². The van der Waals surface area contributed by atoms with Crippen LogP contribution in [-0.4, -0.2) is 45.2 Å². The van der Waals surface area contributed by atoms with Gasteiger partial charge in [0.2, 0.25) is 27.6 Å². The van der Waals surface area contributed by atoms with E-state index in [2.05, 4.69) is 10.1 Å². The molecule has 4 rings (SSSR count). The molecule has 31 heavy (non-hydrogen) atoms. The zero-order valence-corrected chi connectivity index (χ0v) is 17.6. The van der Waals surface area contributed by atoms with Gasteiger partial charge in [0.05, 0.1) is 25.0 Å². The molecule has 2 heterocycles. The molecule has 10 nitrogen and oxygen atoms in total. The predicted octanol–water partition coefficient (Wildman–Crippen LogP) is 1.92. The number of hydrogen-bond acceptors (Lipinski definition) is 8. The Kier molecular flexibility index (Phi) is 5.38. The van der Waals surface area contributed by atoms with Crippen molar-refractivity contribution in [1.82, 2.24) is 10.1 Å². The van der Waals surface area contributed by atoms with Crippen LogP contribution in [0.2, 0.25) is 0 Å². The lowest BCUT2D eigenvalue weighted by molar-refractivity contribution is -0.117. The summed E-state index contributed by atoms with van der Waals surface area (Å²) in [5.74, 6) is 1.29. The highest BCUT2D eigenvalue weighted by Crippen LogP contribution is 2.34. The summed E-state index contributed by atoms with van der Waals surface area (Å²) >= 11 is 0. The lowest BCUT2D eigenvalue weighted by Gasteiger charge is -2.16. The molecule has 1 aromatic heterocycles. The van der Waals surface area contributed by atoms with Crippen LogP contribution in [0.15, 0.2) is 51.9 Å². The Labute approximate surface area is 178 Å². The first-order chi connectivity index (χ1) is 14.8. The second-order valence-corrected chi connectivity index (χ2v) is 8.54. The molecule has 162 valence electrons. The summed E-state index contributed by atoms with van der Waals surface area (Å²) in [6, 6.07) is 11.2. The fourth-order valence-electron chi connectivity index (χ4n) is 3.44. The van der Waals surface area contributed by atoms with Crippen LogP contribution >= 0.6 is 0 Å². The van der Waals surface area contributed by atoms with Crippen molar-refractivity contribution in [3.05, 3.63) is 48.4 Å². The number of carbonyl (C=O) groups is 1. The topological polar surface area (TPSA) is 138 Å². The van der Waals surface area contributed by atoms with Crippen molar-refractivity contribution in [2.24, 2.45) is 5.14 Å². The maximum Gasteiger partial charge on any atom is 0.238 e. The molecule has 1 atom stereocenters. The average Bonchev–Trinajstić information content (AvgIpc) is 3.39. The quantitative estimate of drug-likeness (QED) is 0.609. The minimum Gasteiger partial charge on any atom is -0.493 e. The number of amides is 1. The predicted molar refractivity (Wildman–Crippen MR) is 110 cm³/mol. The van der Waals surface area contributed by atoms with E-state index in [4.69, 9.17) is 19.1 Å². The third kappa shape index (κ3) is 4.09. The van der Waals surface area contributed by atoms with Gasteiger partial charge in [0, 0.05) is 24.2 Å². The van der Waals surface area contributed by atoms with Gasteiger partial charge in [-0.1, -0.05) is 11.2 Å². The van der Waals surface area contributed by atoms with E-state index in [1.54, 1.807) is 31.4 Å². The van der Waals surface area contributed by atoms with Gasteiger partial charge in [0.25, 0.3) is 0 Å². The Bertz CT molecular complexity index is 1240. The van der Waals surface area contributed by atoms with Gasteiger partial charge in [0.1, 0.15) is 0 Å². The molecule has 0 bridgehead atoms. The second kappa shape index (κ2) is 8.00. The molecule has 3 aromatic rings. The lowest BCUT2D eigenvalue weighted by atomic mass is 10.1. The summed E-state index contributed by atoms with van der Waals surface area (Å²) in [4.78, 5) is 18.4. The summed E-state index contributed by atoms with van der Waals surface area (Å²) in [6.07, 6.45) is 0.160. The first kappa shape index (κ1) is 20.8. The molecule has 0 spiro atoms. The van der Waals surface area contributed by atoms with Crippen molar-refractivity contribution in [1.29, 1.82) is 0 Å². The molecule has 2 N–H and O–H groups in total. The van der Waals surface area contributed by atoms with Crippen LogP contribution in [0.5, 0.6) is 11.5 Å². The average molecular weight is 444 g/mol. The Morgan fingerprint density at radius 1 is 1.13 bits per heavy atom. The van der Waals surface area contributed by atoms with Crippen molar-refractivity contribution < 1.29 is 27.2 Å². The molecular weight excluding hydrogens is 424 g/mol. The van der Waals surface area contributed by atoms with Crippen LogP contribution in [0, 0.1) is 0 Å². The molecule has 1 amide bonds. The van der Waals surface area contributed by atoms with Crippen molar-refractivity contribution in [2.45, 2.75) is 17.2 Å². The minimum absolute atomic E-state index is 0.0604. The summed E-state index contributed by atoms with van der Waals surface area (Å²) in [6.45, 7) is 0.278. The Hall–Kier alpha value is -3.44. The number of sulfonamides is 1. The Morgan fingerprint density at radius 2 is 1.90 bits per heavy atom. The normalized spacial score (nSPS) is 16.5. The van der Waals surface area contributed by atoms with E-state index in [1.165, 1.54) is 30.2 Å². The van der Waals surface area contributed by atoms with Gasteiger partial charge in [-0.05, 0) is 36.4 Å². The maximum absolute atomic E-state index is 12.6. The zero-order valence-electron chi connectivity index (χ0n) is 16.8. The highest BCUT2D eigenvalue weighted by molar-refractivity contribution is 7.89. The van der Waals surface area contributed by atoms with Crippen LogP contribution in [-0.2, 0) is 14.8 Å². The summed E-state index contributed by atoms with van der Waals surface area (Å²) in [5, 5.41) is 9.22. The largest absolute Gasteiger partial charge is 0.493 e. The number of nitrogens with two attached hydrogens (primary N) is 1. The third-order valence-corrected chi connectivity index (χ3v) is 5.93. The number of primary sulfonamides is 1. The Morgan fingerprint density at radius 3 is 2.61 bits per heavy atom. The van der Waals surface area contributed by atoms with E-state index in [0.29, 0.717) is 34.5 Å². The van der Waals surface area contributed by atoms with Crippen molar-refractivity contribution in [3.63, 3.8) is 0 Å². The highest BCUT2D eigenvalue weighted by Gasteiger charge is 2.35. The van der Waals surface area contributed by atoms with Crippen LogP contribution in [0.25, 0.3) is 11.4 Å². The van der Waals surface area contributed by atoms with Gasteiger partial charge in [-0.15, -0.1) is 0 Å². The van der Waals surface area contributed by atoms with Gasteiger partial charge >= 0.3 is 0 Å². The van der Waals surface area contributed by atoms with E-state index >= 15 is 0 Å². The number of methoxy groups -OCH3 is 2. The van der Waals surface area contributed by atoms with Crippen molar-refractivity contribution in [3.8, 4) is 22.9 Å². The molecule has 0 saturated carbocycles. The van der Waals surface area contributed by atoms with Crippen LogP contribution in [0.1, 0.15) is 18.2 Å². The van der Waals surface area contributed by atoms with Gasteiger partial charge in [-0.3, -0.25) is 4.79 Å². The standard InChI is InChI=1S/C20H20N4O6S/c1-28-16-7-6-12(8-17(16)29-2)19-22-20(30-23-19)13-9-18(25)24(11-13)14-4-3-5-15(10-14)31(21,26)27/h3-8,10,13H,9,11H2,1-2H3,(H2,21,26,27)/t13-/m1/s1. The van der Waals surface area contributed by atoms with E-state index in [1.807, 2.05) is 0 Å². The first-order valence-corrected chi connectivity index (χ1v) is 10.8. The molecule has 11 heteroatoms. The SMILES string of the molecule is COc1ccc(-c2noc([C@@H]3CC(=O)N(c4cccc(S(N)(=O)=O)c4)C3)n2)cc1OC. The number of nitrogens with zero attached hydrogens (tertiary/aromatic N) is 3. The summed E-state index contributed by atoms with van der Waals surface area (Å²) < 4.78 is 39.2. The lowest BCUT2D eigenvalue weighted by Crippen LogP contribution is -2.24. The number of benzene rings is 2. The maximum atomic E-state index is 12.6. The molecule has 0 unspecified atom stereocenters. The molecular formula is C20H20N4O6S. The molecule has 1 aliphatic rings. The van der Waals surface area contributed by atoms with Crippen molar-refractivity contribution in [2.75, 3.05) is 25.7 Å². The van der Waals surface area contributed by atoms with E-state index < -0.39 is 10.0 Å². The molecule has 1 aliphatic heterocycles. The van der Waals surface area contributed by atoms with Gasteiger partial charge < -0.3 is 18.9 Å². The molecule has 2 aromatic carbocycles. The summed E-state index contributed by atoms with van der Waals surface area (Å²) in [7, 11) is -0.792. The molecule has 1 fully saturated rings. The highest BCUT2D eigenvalue weighted by atomic mass is 32.2. The monoisotopic (exact) mass is 444 g/mol. The van der Waals surface area contributed by atoms with Gasteiger partial charge in [-0.25, -0.2) is 13.6 Å². The van der Waals surface area contributed by atoms with Gasteiger partial charge in [0.15, 0.2) is 11.5 Å². The third-order valence-electron chi connectivity index (χ3n) is 5.02.